The zero-order valence-electron chi connectivity index (χ0n) is 16.0. The quantitative estimate of drug-likeness (QED) is 0.521. The summed E-state index contributed by atoms with van der Waals surface area (Å²) in [5.41, 5.74) is -0.394. The summed E-state index contributed by atoms with van der Waals surface area (Å²) >= 11 is 0. The Bertz CT molecular complexity index is 977. The highest BCUT2D eigenvalue weighted by Crippen LogP contribution is 2.37. The number of likely N-dealkylation sites (tertiary alicyclic amines) is 1. The third kappa shape index (κ3) is 4.25. The van der Waals surface area contributed by atoms with E-state index in [1.807, 2.05) is 0 Å². The fraction of sp³-hybridized carbons (Fsp3) is 0.471. The normalized spacial score (nSPS) is 20.7. The number of aromatic hydroxyl groups is 1. The van der Waals surface area contributed by atoms with Crippen molar-refractivity contribution in [3.63, 3.8) is 0 Å². The maximum absolute atomic E-state index is 14.7. The first kappa shape index (κ1) is 21.6. The third-order valence-corrected chi connectivity index (χ3v) is 6.48. The Balaban J connectivity index is 1.82. The van der Waals surface area contributed by atoms with Gasteiger partial charge in [-0.3, -0.25) is 14.4 Å². The second-order valence-electron chi connectivity index (χ2n) is 7.15. The summed E-state index contributed by atoms with van der Waals surface area (Å²) in [5, 5.41) is 19.1. The van der Waals surface area contributed by atoms with Gasteiger partial charge in [-0.1, -0.05) is 0 Å². The molecule has 0 saturated carbocycles. The lowest BCUT2D eigenvalue weighted by Crippen LogP contribution is -2.49. The number of aliphatic carboxylic acids is 1. The van der Waals surface area contributed by atoms with Crippen LogP contribution in [0.5, 0.6) is 5.75 Å². The number of halogens is 1. The van der Waals surface area contributed by atoms with Crippen LogP contribution in [0, 0.1) is 5.82 Å². The Morgan fingerprint density at radius 1 is 1.37 bits per heavy atom. The Morgan fingerprint density at radius 3 is 2.63 bits per heavy atom. The highest BCUT2D eigenvalue weighted by molar-refractivity contribution is 7.92. The smallest absolute Gasteiger partial charge is 0.326 e. The van der Waals surface area contributed by atoms with E-state index in [-0.39, 0.29) is 18.3 Å². The number of carboxylic acids is 1. The van der Waals surface area contributed by atoms with Crippen LogP contribution in [0.25, 0.3) is 0 Å². The van der Waals surface area contributed by atoms with Crippen LogP contribution in [0.2, 0.25) is 0 Å². The van der Waals surface area contributed by atoms with Gasteiger partial charge >= 0.3 is 16.2 Å². The topological polar surface area (TPSA) is 148 Å². The van der Waals surface area contributed by atoms with Crippen molar-refractivity contribution in [3.05, 3.63) is 17.9 Å². The number of hydrogen-bond acceptors (Lipinski definition) is 7. The summed E-state index contributed by atoms with van der Waals surface area (Å²) in [6, 6.07) is 1.94. The van der Waals surface area contributed by atoms with Gasteiger partial charge in [0, 0.05) is 37.9 Å². The van der Waals surface area contributed by atoms with E-state index in [0.717, 1.165) is 6.07 Å². The lowest BCUT2D eigenvalue weighted by Gasteiger charge is -2.38. The summed E-state index contributed by atoms with van der Waals surface area (Å²) in [6.45, 7) is -0.000203. The maximum atomic E-state index is 14.7. The number of nitrogens with one attached hydrogen (secondary N) is 1. The number of carboxylic acid groups (broad SMARTS) is 1. The molecule has 2 heterocycles. The molecular formula is C17H21FN4O7S. The molecule has 1 aromatic carbocycles. The van der Waals surface area contributed by atoms with Crippen molar-refractivity contribution < 1.29 is 37.4 Å². The molecule has 3 rings (SSSR count). The van der Waals surface area contributed by atoms with Crippen molar-refractivity contribution in [2.24, 2.45) is 0 Å². The molecule has 3 N–H and O–H groups in total. The number of phenolic OH excluding ortho intramolecular Hbond substituents is 1. The summed E-state index contributed by atoms with van der Waals surface area (Å²) < 4.78 is 40.8. The standard InChI is InChI=1S/C17H21FN4O7S/c1-20(10-3-2-4-21(8-10)15(25)7-16(26)27)11-5-12(18)17(13(23)6-11)22-9-14(24)19-30(22,28)29/h5-6,10,23H,2-4,7-9H2,1H3,(H,19,24)(H,26,27)/t10-/m0/s1. The van der Waals surface area contributed by atoms with Gasteiger partial charge in [0.05, 0.1) is 0 Å². The molecule has 2 saturated heterocycles. The first-order valence-electron chi connectivity index (χ1n) is 9.08. The first-order valence-corrected chi connectivity index (χ1v) is 10.5. The van der Waals surface area contributed by atoms with Crippen molar-refractivity contribution in [2.75, 3.05) is 35.9 Å². The lowest BCUT2D eigenvalue weighted by atomic mass is 10.0. The zero-order valence-corrected chi connectivity index (χ0v) is 16.9. The van der Waals surface area contributed by atoms with E-state index in [1.165, 1.54) is 11.0 Å². The number of piperidine rings is 1. The fourth-order valence-corrected chi connectivity index (χ4v) is 4.79. The monoisotopic (exact) mass is 444 g/mol. The van der Waals surface area contributed by atoms with Crippen LogP contribution >= 0.6 is 0 Å². The Kier molecular flexibility index (Phi) is 5.74. The molecule has 2 aliphatic rings. The minimum absolute atomic E-state index is 0.228. The molecule has 1 atom stereocenters. The van der Waals surface area contributed by atoms with E-state index in [4.69, 9.17) is 5.11 Å². The van der Waals surface area contributed by atoms with Crippen molar-refractivity contribution in [1.82, 2.24) is 9.62 Å². The van der Waals surface area contributed by atoms with E-state index in [1.54, 1.807) is 16.7 Å². The maximum Gasteiger partial charge on any atom is 0.326 e. The molecule has 164 valence electrons. The molecule has 0 aromatic heterocycles. The highest BCUT2D eigenvalue weighted by Gasteiger charge is 2.38. The van der Waals surface area contributed by atoms with Crippen molar-refractivity contribution >= 4 is 39.4 Å². The van der Waals surface area contributed by atoms with Crippen LogP contribution in [0.15, 0.2) is 12.1 Å². The molecule has 2 amide bonds. The Hall–Kier alpha value is -3.09. The largest absolute Gasteiger partial charge is 0.506 e. The van der Waals surface area contributed by atoms with E-state index >= 15 is 0 Å². The van der Waals surface area contributed by atoms with Crippen LogP contribution in [0.1, 0.15) is 19.3 Å². The van der Waals surface area contributed by atoms with E-state index < -0.39 is 58.2 Å². The minimum Gasteiger partial charge on any atom is -0.506 e. The molecule has 0 unspecified atom stereocenters. The summed E-state index contributed by atoms with van der Waals surface area (Å²) in [5.74, 6) is -4.27. The molecular weight excluding hydrogens is 423 g/mol. The second-order valence-corrected chi connectivity index (χ2v) is 8.74. The molecule has 2 aliphatic heterocycles. The summed E-state index contributed by atoms with van der Waals surface area (Å²) in [7, 11) is -2.66. The molecule has 0 radical (unpaired) electrons. The number of phenols is 1. The molecule has 13 heteroatoms. The van der Waals surface area contributed by atoms with E-state index in [9.17, 15) is 32.3 Å². The zero-order chi connectivity index (χ0) is 22.2. The number of benzene rings is 1. The highest BCUT2D eigenvalue weighted by atomic mass is 32.2. The molecule has 2 fully saturated rings. The fourth-order valence-electron chi connectivity index (χ4n) is 3.62. The number of anilines is 2. The predicted molar refractivity (Wildman–Crippen MR) is 103 cm³/mol. The number of rotatable bonds is 5. The van der Waals surface area contributed by atoms with Gasteiger partial charge in [-0.05, 0) is 18.9 Å². The number of nitrogens with zero attached hydrogens (tertiary/aromatic N) is 3. The third-order valence-electron chi connectivity index (χ3n) is 5.10. The molecule has 0 spiro atoms. The summed E-state index contributed by atoms with van der Waals surface area (Å²) in [4.78, 5) is 37.3. The molecule has 0 aliphatic carbocycles. The number of carbonyl (C=O) groups excluding carboxylic acids is 2. The van der Waals surface area contributed by atoms with Crippen molar-refractivity contribution in [1.29, 1.82) is 0 Å². The predicted octanol–water partition coefficient (Wildman–Crippen LogP) is -0.386. The van der Waals surface area contributed by atoms with Gasteiger partial charge in [0.25, 0.3) is 5.91 Å². The van der Waals surface area contributed by atoms with Gasteiger partial charge in [0.2, 0.25) is 5.91 Å². The first-order chi connectivity index (χ1) is 14.0. The Morgan fingerprint density at radius 2 is 2.07 bits per heavy atom. The molecule has 11 nitrogen and oxygen atoms in total. The van der Waals surface area contributed by atoms with Gasteiger partial charge in [-0.2, -0.15) is 8.42 Å². The lowest BCUT2D eigenvalue weighted by molar-refractivity contribution is -0.144. The minimum atomic E-state index is -4.29. The number of hydrogen-bond donors (Lipinski definition) is 3. The molecule has 0 bridgehead atoms. The van der Waals surface area contributed by atoms with Crippen LogP contribution < -0.4 is 13.9 Å². The van der Waals surface area contributed by atoms with E-state index in [2.05, 4.69) is 0 Å². The number of likely N-dealkylation sites (N-methyl/N-ethyl adjacent to an activating group) is 1. The molecule has 1 aromatic rings. The average Bonchev–Trinajstić information content (AvgIpc) is 2.92. The summed E-state index contributed by atoms with van der Waals surface area (Å²) in [6.07, 6.45) is 0.654. The van der Waals surface area contributed by atoms with Crippen LogP contribution in [-0.2, 0) is 24.6 Å². The van der Waals surface area contributed by atoms with Crippen molar-refractivity contribution in [2.45, 2.75) is 25.3 Å². The number of amides is 2. The Labute approximate surface area is 171 Å². The number of carbonyl (C=O) groups is 3. The van der Waals surface area contributed by atoms with Gasteiger partial charge in [-0.25, -0.2) is 13.4 Å². The van der Waals surface area contributed by atoms with E-state index in [0.29, 0.717) is 23.7 Å². The van der Waals surface area contributed by atoms with Gasteiger partial charge in [0.15, 0.2) is 5.82 Å². The second kappa shape index (κ2) is 7.97. The average molecular weight is 444 g/mol. The SMILES string of the molecule is CN(c1cc(O)c(N2CC(=O)NS2(=O)=O)c(F)c1)[C@H]1CCCN(C(=O)CC(=O)O)C1. The van der Waals surface area contributed by atoms with Gasteiger partial charge < -0.3 is 20.0 Å². The van der Waals surface area contributed by atoms with Crippen molar-refractivity contribution in [3.8, 4) is 5.75 Å². The van der Waals surface area contributed by atoms with Crippen LogP contribution in [-0.4, -0.2) is 74.0 Å². The van der Waals surface area contributed by atoms with Crippen LogP contribution in [0.3, 0.4) is 0 Å². The van der Waals surface area contributed by atoms with Gasteiger partial charge in [-0.15, -0.1) is 0 Å². The molecule has 30 heavy (non-hydrogen) atoms. The van der Waals surface area contributed by atoms with Crippen LogP contribution in [0.4, 0.5) is 15.8 Å². The van der Waals surface area contributed by atoms with Gasteiger partial charge in [0.1, 0.15) is 24.4 Å².